The Hall–Kier alpha value is -3.35. The van der Waals surface area contributed by atoms with Gasteiger partial charge in [-0.05, 0) is 48.6 Å². The first kappa shape index (κ1) is 19.0. The number of carbonyl (C=O) groups excluding carboxylic acids is 1. The molecule has 4 rings (SSSR count). The highest BCUT2D eigenvalue weighted by molar-refractivity contribution is 5.75. The smallest absolute Gasteiger partial charge is 0.351 e. The lowest BCUT2D eigenvalue weighted by Gasteiger charge is -2.07. The van der Waals surface area contributed by atoms with Crippen LogP contribution in [0.5, 0.6) is 5.75 Å². The minimum absolute atomic E-state index is 0.0378. The van der Waals surface area contributed by atoms with E-state index in [-0.39, 0.29) is 18.1 Å². The van der Waals surface area contributed by atoms with Crippen LogP contribution in [-0.2, 0) is 17.8 Å². The number of amides is 1. The van der Waals surface area contributed by atoms with Gasteiger partial charge in [0.25, 0.3) is 0 Å². The maximum absolute atomic E-state index is 13.1. The van der Waals surface area contributed by atoms with Crippen LogP contribution in [0.2, 0.25) is 0 Å². The van der Waals surface area contributed by atoms with Crippen molar-refractivity contribution in [3.8, 4) is 11.4 Å². The maximum atomic E-state index is 13.1. The molecule has 1 amide bonds. The molecule has 1 aliphatic carbocycles. The molecule has 2 aromatic carbocycles. The summed E-state index contributed by atoms with van der Waals surface area (Å²) in [4.78, 5) is 25.5. The zero-order valence-electron chi connectivity index (χ0n) is 16.4. The summed E-state index contributed by atoms with van der Waals surface area (Å²) in [5.74, 6) is 1.67. The van der Waals surface area contributed by atoms with Gasteiger partial charge in [-0.25, -0.2) is 4.79 Å². The van der Waals surface area contributed by atoms with Gasteiger partial charge in [0, 0.05) is 13.0 Å². The van der Waals surface area contributed by atoms with Gasteiger partial charge in [0.05, 0.1) is 12.8 Å². The summed E-state index contributed by atoms with van der Waals surface area (Å²) >= 11 is 0. The van der Waals surface area contributed by atoms with Crippen LogP contribution in [-0.4, -0.2) is 33.9 Å². The van der Waals surface area contributed by atoms with Gasteiger partial charge in [-0.1, -0.05) is 30.3 Å². The Bertz CT molecular complexity index is 1030. The number of aromatic nitrogens is 3. The fourth-order valence-electron chi connectivity index (χ4n) is 3.18. The topological polar surface area (TPSA) is 78.2 Å². The fourth-order valence-corrected chi connectivity index (χ4v) is 3.18. The molecule has 1 heterocycles. The highest BCUT2D eigenvalue weighted by Gasteiger charge is 2.23. The highest BCUT2D eigenvalue weighted by atomic mass is 16.5. The first-order valence-electron chi connectivity index (χ1n) is 9.78. The van der Waals surface area contributed by atoms with E-state index in [0.717, 1.165) is 18.4 Å². The van der Waals surface area contributed by atoms with Crippen LogP contribution in [0.4, 0.5) is 0 Å². The quantitative estimate of drug-likeness (QED) is 0.637. The second-order valence-corrected chi connectivity index (χ2v) is 7.30. The summed E-state index contributed by atoms with van der Waals surface area (Å²) in [5, 5.41) is 7.46. The second kappa shape index (κ2) is 8.34. The molecular weight excluding hydrogens is 368 g/mol. The molecule has 0 radical (unpaired) electrons. The fraction of sp³-hybridized carbons (Fsp3) is 0.318. The molecule has 1 saturated carbocycles. The summed E-state index contributed by atoms with van der Waals surface area (Å²) in [6, 6.07) is 16.9. The molecule has 1 aromatic heterocycles. The number of rotatable bonds is 8. The van der Waals surface area contributed by atoms with Gasteiger partial charge in [0.1, 0.15) is 18.1 Å². The SMILES string of the molecule is COc1ccc(-n2nc(Cc3ccccc3)n(CC(=O)NCC3CC3)c2=O)cc1. The van der Waals surface area contributed by atoms with E-state index in [2.05, 4.69) is 10.4 Å². The van der Waals surface area contributed by atoms with Gasteiger partial charge in [-0.15, -0.1) is 5.10 Å². The number of nitrogens with zero attached hydrogens (tertiary/aromatic N) is 3. The van der Waals surface area contributed by atoms with E-state index >= 15 is 0 Å². The molecule has 3 aromatic rings. The second-order valence-electron chi connectivity index (χ2n) is 7.30. The van der Waals surface area contributed by atoms with E-state index in [1.807, 2.05) is 30.3 Å². The number of benzene rings is 2. The zero-order chi connectivity index (χ0) is 20.2. The van der Waals surface area contributed by atoms with E-state index in [1.165, 1.54) is 9.25 Å². The average Bonchev–Trinajstić information content (AvgIpc) is 3.54. The summed E-state index contributed by atoms with van der Waals surface area (Å²) in [6.07, 6.45) is 2.79. The summed E-state index contributed by atoms with van der Waals surface area (Å²) in [6.45, 7) is 0.637. The maximum Gasteiger partial charge on any atom is 0.351 e. The van der Waals surface area contributed by atoms with Gasteiger partial charge in [0.15, 0.2) is 0 Å². The summed E-state index contributed by atoms with van der Waals surface area (Å²) in [5.41, 5.74) is 1.32. The molecule has 150 valence electrons. The molecule has 7 heteroatoms. The molecule has 29 heavy (non-hydrogen) atoms. The molecule has 0 spiro atoms. The van der Waals surface area contributed by atoms with Gasteiger partial charge in [-0.3, -0.25) is 9.36 Å². The first-order chi connectivity index (χ1) is 14.1. The summed E-state index contributed by atoms with van der Waals surface area (Å²) < 4.78 is 7.98. The number of ether oxygens (including phenoxy) is 1. The van der Waals surface area contributed by atoms with Gasteiger partial charge in [0.2, 0.25) is 5.91 Å². The van der Waals surface area contributed by atoms with E-state index < -0.39 is 0 Å². The molecule has 1 fully saturated rings. The van der Waals surface area contributed by atoms with Gasteiger partial charge < -0.3 is 10.1 Å². The lowest BCUT2D eigenvalue weighted by molar-refractivity contribution is -0.121. The lowest BCUT2D eigenvalue weighted by Crippen LogP contribution is -2.34. The van der Waals surface area contributed by atoms with Crippen molar-refractivity contribution in [1.82, 2.24) is 19.7 Å². The standard InChI is InChI=1S/C22H24N4O3/c1-29-19-11-9-18(10-12-19)26-22(28)25(15-21(27)23-14-17-7-8-17)20(24-26)13-16-5-3-2-4-6-16/h2-6,9-12,17H,7-8,13-15H2,1H3,(H,23,27). The van der Waals surface area contributed by atoms with Crippen LogP contribution < -0.4 is 15.7 Å². The minimum Gasteiger partial charge on any atom is -0.497 e. The highest BCUT2D eigenvalue weighted by Crippen LogP contribution is 2.27. The largest absolute Gasteiger partial charge is 0.497 e. The van der Waals surface area contributed by atoms with Crippen molar-refractivity contribution in [3.63, 3.8) is 0 Å². The van der Waals surface area contributed by atoms with E-state index in [0.29, 0.717) is 36.1 Å². The molecular formula is C22H24N4O3. The van der Waals surface area contributed by atoms with Gasteiger partial charge >= 0.3 is 5.69 Å². The van der Waals surface area contributed by atoms with Crippen LogP contribution in [0.15, 0.2) is 59.4 Å². The summed E-state index contributed by atoms with van der Waals surface area (Å²) in [7, 11) is 1.59. The third-order valence-corrected chi connectivity index (χ3v) is 5.05. The predicted octanol–water partition coefficient (Wildman–Crippen LogP) is 2.16. The molecule has 1 N–H and O–H groups in total. The number of carbonyl (C=O) groups is 1. The monoisotopic (exact) mass is 392 g/mol. The van der Waals surface area contributed by atoms with Crippen molar-refractivity contribution in [2.45, 2.75) is 25.8 Å². The molecule has 7 nitrogen and oxygen atoms in total. The Labute approximate surface area is 168 Å². The third kappa shape index (κ3) is 4.56. The predicted molar refractivity (Wildman–Crippen MR) is 109 cm³/mol. The Kier molecular flexibility index (Phi) is 5.46. The first-order valence-corrected chi connectivity index (χ1v) is 9.78. The van der Waals surface area contributed by atoms with Crippen LogP contribution in [0.1, 0.15) is 24.2 Å². The number of hydrogen-bond acceptors (Lipinski definition) is 4. The molecule has 1 aliphatic rings. The van der Waals surface area contributed by atoms with Crippen molar-refractivity contribution in [1.29, 1.82) is 0 Å². The Morgan fingerprint density at radius 2 is 1.86 bits per heavy atom. The van der Waals surface area contributed by atoms with Crippen LogP contribution >= 0.6 is 0 Å². The van der Waals surface area contributed by atoms with E-state index in [4.69, 9.17) is 4.74 Å². The number of methoxy groups -OCH3 is 1. The molecule has 0 aliphatic heterocycles. The van der Waals surface area contributed by atoms with Crippen LogP contribution in [0, 0.1) is 5.92 Å². The average molecular weight is 392 g/mol. The lowest BCUT2D eigenvalue weighted by atomic mass is 10.1. The molecule has 0 atom stereocenters. The molecule has 0 saturated heterocycles. The van der Waals surface area contributed by atoms with Crippen molar-refractivity contribution in [3.05, 3.63) is 76.5 Å². The van der Waals surface area contributed by atoms with E-state index in [9.17, 15) is 9.59 Å². The van der Waals surface area contributed by atoms with E-state index in [1.54, 1.807) is 31.4 Å². The Morgan fingerprint density at radius 3 is 2.52 bits per heavy atom. The number of nitrogens with one attached hydrogen (secondary N) is 1. The number of hydrogen-bond donors (Lipinski definition) is 1. The van der Waals surface area contributed by atoms with Crippen molar-refractivity contribution < 1.29 is 9.53 Å². The van der Waals surface area contributed by atoms with Crippen molar-refractivity contribution >= 4 is 5.91 Å². The normalized spacial score (nSPS) is 13.3. The van der Waals surface area contributed by atoms with Crippen molar-refractivity contribution in [2.24, 2.45) is 5.92 Å². The van der Waals surface area contributed by atoms with Crippen LogP contribution in [0.3, 0.4) is 0 Å². The molecule has 0 bridgehead atoms. The van der Waals surface area contributed by atoms with Gasteiger partial charge in [-0.2, -0.15) is 4.68 Å². The Balaban J connectivity index is 1.64. The Morgan fingerprint density at radius 1 is 1.14 bits per heavy atom. The molecule has 0 unspecified atom stereocenters. The van der Waals surface area contributed by atoms with Crippen molar-refractivity contribution in [2.75, 3.05) is 13.7 Å². The van der Waals surface area contributed by atoms with Crippen LogP contribution in [0.25, 0.3) is 5.69 Å². The zero-order valence-corrected chi connectivity index (χ0v) is 16.4. The minimum atomic E-state index is -0.331. The third-order valence-electron chi connectivity index (χ3n) is 5.05.